The van der Waals surface area contributed by atoms with Crippen molar-refractivity contribution in [3.8, 4) is 23.0 Å². The smallest absolute Gasteiger partial charge is 0.254 e. The van der Waals surface area contributed by atoms with Gasteiger partial charge in [0.25, 0.3) is 5.91 Å². The highest BCUT2D eigenvalue weighted by Gasteiger charge is 2.51. The molecule has 37 heavy (non-hydrogen) atoms. The minimum absolute atomic E-state index is 0.0685. The summed E-state index contributed by atoms with van der Waals surface area (Å²) in [7, 11) is 0. The van der Waals surface area contributed by atoms with Crippen LogP contribution in [0.4, 0.5) is 0 Å². The highest BCUT2D eigenvalue weighted by Crippen LogP contribution is 2.51. The van der Waals surface area contributed by atoms with Crippen molar-refractivity contribution in [3.05, 3.63) is 47.5 Å². The minimum Gasteiger partial charge on any atom is -0.494 e. The summed E-state index contributed by atoms with van der Waals surface area (Å²) in [5.74, 6) is 2.09. The third-order valence-electron chi connectivity index (χ3n) is 7.52. The van der Waals surface area contributed by atoms with Gasteiger partial charge in [0.2, 0.25) is 5.75 Å². The van der Waals surface area contributed by atoms with Gasteiger partial charge in [0, 0.05) is 23.6 Å². The van der Waals surface area contributed by atoms with Gasteiger partial charge in [-0.2, -0.15) is 0 Å². The summed E-state index contributed by atoms with van der Waals surface area (Å²) < 4.78 is 23.6. The predicted molar refractivity (Wildman–Crippen MR) is 143 cm³/mol. The zero-order chi connectivity index (χ0) is 26.4. The van der Waals surface area contributed by atoms with E-state index in [-0.39, 0.29) is 17.9 Å². The van der Waals surface area contributed by atoms with Crippen molar-refractivity contribution in [1.29, 1.82) is 0 Å². The molecule has 1 saturated carbocycles. The van der Waals surface area contributed by atoms with Crippen molar-refractivity contribution < 1.29 is 28.8 Å². The average Bonchev–Trinajstić information content (AvgIpc) is 2.90. The van der Waals surface area contributed by atoms with Crippen LogP contribution in [0.5, 0.6) is 23.0 Å². The molecular weight excluding hydrogens is 470 g/mol. The number of carbonyl (C=O) groups excluding carboxylic acids is 1. The van der Waals surface area contributed by atoms with Gasteiger partial charge in [0.15, 0.2) is 11.5 Å². The molecule has 1 amide bonds. The number of piperidine rings is 1. The highest BCUT2D eigenvalue weighted by atomic mass is 16.5. The van der Waals surface area contributed by atoms with E-state index in [1.165, 1.54) is 0 Å². The zero-order valence-corrected chi connectivity index (χ0v) is 22.6. The number of rotatable bonds is 10. The molecule has 0 aromatic heterocycles. The molecule has 1 saturated heterocycles. The molecule has 2 aromatic carbocycles. The maximum Gasteiger partial charge on any atom is 0.254 e. The first kappa shape index (κ1) is 27.1. The second-order valence-corrected chi connectivity index (χ2v) is 9.72. The number of hydrogen-bond acceptors (Lipinski definition) is 6. The molecule has 0 spiro atoms. The van der Waals surface area contributed by atoms with Gasteiger partial charge in [-0.1, -0.05) is 31.0 Å². The van der Waals surface area contributed by atoms with E-state index < -0.39 is 5.60 Å². The van der Waals surface area contributed by atoms with Crippen molar-refractivity contribution >= 4 is 5.91 Å². The molecule has 0 unspecified atom stereocenters. The third kappa shape index (κ3) is 5.52. The van der Waals surface area contributed by atoms with E-state index in [9.17, 15) is 9.90 Å². The molecular formula is C30H41NO6. The second-order valence-electron chi connectivity index (χ2n) is 9.72. The summed E-state index contributed by atoms with van der Waals surface area (Å²) in [6.45, 7) is 9.99. The second kappa shape index (κ2) is 12.1. The maximum absolute atomic E-state index is 14.3. The first-order valence-corrected chi connectivity index (χ1v) is 13.8. The number of ether oxygens (including phenoxy) is 4. The maximum atomic E-state index is 14.3. The van der Waals surface area contributed by atoms with E-state index in [1.807, 2.05) is 56.9 Å². The van der Waals surface area contributed by atoms with Crippen molar-refractivity contribution in [2.24, 2.45) is 5.92 Å². The number of benzene rings is 2. The molecule has 7 nitrogen and oxygen atoms in total. The lowest BCUT2D eigenvalue weighted by atomic mass is 9.66. The molecule has 7 heteroatoms. The summed E-state index contributed by atoms with van der Waals surface area (Å²) >= 11 is 0. The summed E-state index contributed by atoms with van der Waals surface area (Å²) in [5.41, 5.74) is 0.643. The monoisotopic (exact) mass is 511 g/mol. The van der Waals surface area contributed by atoms with Gasteiger partial charge < -0.3 is 29.0 Å². The number of para-hydroxylation sites is 1. The van der Waals surface area contributed by atoms with Crippen LogP contribution in [0, 0.1) is 5.92 Å². The largest absolute Gasteiger partial charge is 0.494 e. The van der Waals surface area contributed by atoms with E-state index in [2.05, 4.69) is 0 Å². The lowest BCUT2D eigenvalue weighted by Gasteiger charge is -2.52. The molecule has 2 aromatic rings. The summed E-state index contributed by atoms with van der Waals surface area (Å²) in [6.07, 6.45) is 4.23. The number of fused-ring (bicyclic) bond motifs is 1. The van der Waals surface area contributed by atoms with E-state index >= 15 is 0 Å². The molecule has 2 aliphatic rings. The molecule has 0 radical (unpaired) electrons. The Hall–Kier alpha value is -2.93. The zero-order valence-electron chi connectivity index (χ0n) is 22.6. The molecule has 4 rings (SSSR count). The number of carbonyl (C=O) groups is 1. The predicted octanol–water partition coefficient (Wildman–Crippen LogP) is 5.79. The van der Waals surface area contributed by atoms with Gasteiger partial charge in [0.1, 0.15) is 5.75 Å². The Balaban J connectivity index is 1.80. The molecule has 1 aliphatic carbocycles. The molecule has 1 aliphatic heterocycles. The first-order chi connectivity index (χ1) is 18.0. The lowest BCUT2D eigenvalue weighted by molar-refractivity contribution is -0.115. The van der Waals surface area contributed by atoms with Gasteiger partial charge in [-0.05, 0) is 65.2 Å². The minimum atomic E-state index is -0.787. The Kier molecular flexibility index (Phi) is 8.85. The summed E-state index contributed by atoms with van der Waals surface area (Å²) in [4.78, 5) is 16.2. The van der Waals surface area contributed by atoms with Crippen LogP contribution in [0.15, 0.2) is 36.4 Å². The normalized spacial score (nSPS) is 23.2. The molecule has 202 valence electrons. The topological polar surface area (TPSA) is 77.5 Å². The Labute approximate surface area is 220 Å². The van der Waals surface area contributed by atoms with Crippen LogP contribution in [0.25, 0.3) is 0 Å². The van der Waals surface area contributed by atoms with E-state index in [0.717, 1.165) is 37.0 Å². The Morgan fingerprint density at radius 3 is 2.16 bits per heavy atom. The Morgan fingerprint density at radius 2 is 1.51 bits per heavy atom. The van der Waals surface area contributed by atoms with Crippen LogP contribution in [0.3, 0.4) is 0 Å². The van der Waals surface area contributed by atoms with Gasteiger partial charge in [-0.25, -0.2) is 0 Å². The fourth-order valence-electron chi connectivity index (χ4n) is 5.98. The van der Waals surface area contributed by atoms with Crippen molar-refractivity contribution in [1.82, 2.24) is 4.90 Å². The van der Waals surface area contributed by atoms with E-state index in [0.29, 0.717) is 62.2 Å². The van der Waals surface area contributed by atoms with Crippen molar-refractivity contribution in [2.45, 2.75) is 71.4 Å². The Bertz CT molecular complexity index is 1040. The molecule has 3 atom stereocenters. The van der Waals surface area contributed by atoms with Crippen LogP contribution in [0.1, 0.15) is 81.8 Å². The SMILES string of the molecule is CCOc1ccccc1[C@@H]1[C@H]2CCCC[C@@]2(O)CCN1C(=O)c1cc(OCC)c(OCC)c(OCC)c1. The number of likely N-dealkylation sites (tertiary alicyclic amines) is 1. The van der Waals surface area contributed by atoms with Crippen LogP contribution < -0.4 is 18.9 Å². The highest BCUT2D eigenvalue weighted by molar-refractivity contribution is 5.96. The van der Waals surface area contributed by atoms with Gasteiger partial charge >= 0.3 is 0 Å². The number of aliphatic hydroxyl groups is 1. The quantitative estimate of drug-likeness (QED) is 0.435. The van der Waals surface area contributed by atoms with Crippen LogP contribution in [-0.2, 0) is 0 Å². The van der Waals surface area contributed by atoms with Gasteiger partial charge in [-0.15, -0.1) is 0 Å². The standard InChI is InChI=1S/C30H41NO6/c1-5-34-24-15-10-9-13-22(24)27-23-14-11-12-16-30(23,33)17-18-31(27)29(32)21-19-25(35-6-2)28(37-8-4)26(20-21)36-7-3/h9-10,13,15,19-20,23,27,33H,5-8,11-12,14,16-18H2,1-4H3/t23-,27-,30-/m1/s1. The number of nitrogens with zero attached hydrogens (tertiary/aromatic N) is 1. The molecule has 1 heterocycles. The molecule has 2 fully saturated rings. The fraction of sp³-hybridized carbons (Fsp3) is 0.567. The summed E-state index contributed by atoms with van der Waals surface area (Å²) in [6, 6.07) is 11.1. The Morgan fingerprint density at radius 1 is 0.892 bits per heavy atom. The van der Waals surface area contributed by atoms with Crippen molar-refractivity contribution in [3.63, 3.8) is 0 Å². The summed E-state index contributed by atoms with van der Waals surface area (Å²) in [5, 5.41) is 11.7. The molecule has 0 bridgehead atoms. The van der Waals surface area contributed by atoms with Crippen LogP contribution in [0.2, 0.25) is 0 Å². The van der Waals surface area contributed by atoms with Crippen LogP contribution >= 0.6 is 0 Å². The van der Waals surface area contributed by atoms with E-state index in [4.69, 9.17) is 18.9 Å². The molecule has 1 N–H and O–H groups in total. The van der Waals surface area contributed by atoms with Crippen molar-refractivity contribution in [2.75, 3.05) is 33.0 Å². The lowest BCUT2D eigenvalue weighted by Crippen LogP contribution is -2.56. The number of hydrogen-bond donors (Lipinski definition) is 1. The number of amides is 1. The van der Waals surface area contributed by atoms with Gasteiger partial charge in [0.05, 0.1) is 38.1 Å². The third-order valence-corrected chi connectivity index (χ3v) is 7.52. The van der Waals surface area contributed by atoms with Gasteiger partial charge in [-0.3, -0.25) is 4.79 Å². The van der Waals surface area contributed by atoms with Crippen LogP contribution in [-0.4, -0.2) is 54.5 Å². The van der Waals surface area contributed by atoms with E-state index in [1.54, 1.807) is 12.1 Å². The fourth-order valence-corrected chi connectivity index (χ4v) is 5.98. The first-order valence-electron chi connectivity index (χ1n) is 13.8. The average molecular weight is 512 g/mol.